The Hall–Kier alpha value is -2.96. The molecule has 0 radical (unpaired) electrons. The van der Waals surface area contributed by atoms with Crippen molar-refractivity contribution in [3.05, 3.63) is 52.1 Å². The molecule has 0 aliphatic heterocycles. The summed E-state index contributed by atoms with van der Waals surface area (Å²) < 4.78 is 10.3. The number of aromatic nitrogens is 2. The summed E-state index contributed by atoms with van der Waals surface area (Å²) in [5, 5.41) is 18.1. The van der Waals surface area contributed by atoms with Gasteiger partial charge in [0.1, 0.15) is 22.5 Å². The summed E-state index contributed by atoms with van der Waals surface area (Å²) in [5.41, 5.74) is 1.93. The van der Waals surface area contributed by atoms with E-state index >= 15 is 0 Å². The lowest BCUT2D eigenvalue weighted by Gasteiger charge is -2.07. The minimum absolute atomic E-state index is 0.0333. The van der Waals surface area contributed by atoms with Crippen molar-refractivity contribution >= 4 is 16.7 Å². The van der Waals surface area contributed by atoms with E-state index < -0.39 is 4.92 Å². The number of hydrogen-bond donors (Lipinski definition) is 0. The Balaban J connectivity index is 1.92. The molecule has 0 aliphatic rings. The topological polar surface area (TPSA) is 91.3 Å². The molecular weight excluding hydrogens is 262 g/mol. The summed E-state index contributed by atoms with van der Waals surface area (Å²) in [6, 6.07) is 9.57. The van der Waals surface area contributed by atoms with Crippen LogP contribution in [0.15, 0.2) is 41.0 Å². The number of hydrogen-bond acceptors (Lipinski definition) is 6. The predicted octanol–water partition coefficient (Wildman–Crippen LogP) is 3.23. The van der Waals surface area contributed by atoms with Crippen LogP contribution >= 0.6 is 0 Å². The second kappa shape index (κ2) is 4.61. The summed E-state index contributed by atoms with van der Waals surface area (Å²) in [6.07, 6.45) is 0. The van der Waals surface area contributed by atoms with Crippen LogP contribution in [0, 0.1) is 17.0 Å². The molecule has 100 valence electrons. The average molecular weight is 271 g/mol. The number of aryl methyl sites for hydroxylation is 1. The van der Waals surface area contributed by atoms with Crippen molar-refractivity contribution < 1.29 is 14.3 Å². The van der Waals surface area contributed by atoms with Gasteiger partial charge in [-0.05, 0) is 41.0 Å². The zero-order valence-electron chi connectivity index (χ0n) is 10.4. The maximum absolute atomic E-state index is 10.7. The minimum Gasteiger partial charge on any atom is -0.457 e. The van der Waals surface area contributed by atoms with Crippen molar-refractivity contribution in [2.45, 2.75) is 6.92 Å². The number of rotatable bonds is 3. The fourth-order valence-electron chi connectivity index (χ4n) is 1.81. The molecule has 3 rings (SSSR count). The molecule has 0 N–H and O–H groups in total. The van der Waals surface area contributed by atoms with Crippen molar-refractivity contribution in [2.24, 2.45) is 0 Å². The van der Waals surface area contributed by atoms with Crippen LogP contribution in [0.4, 0.5) is 5.69 Å². The molecule has 1 aromatic heterocycles. The van der Waals surface area contributed by atoms with E-state index in [1.807, 2.05) is 0 Å². The first-order valence-corrected chi connectivity index (χ1v) is 5.79. The van der Waals surface area contributed by atoms with Gasteiger partial charge in [-0.25, -0.2) is 4.63 Å². The van der Waals surface area contributed by atoms with Crippen molar-refractivity contribution in [3.63, 3.8) is 0 Å². The monoisotopic (exact) mass is 271 g/mol. The standard InChI is InChI=1S/C13H9N3O4/c1-8-6-9(16(17)18)2-5-13(8)19-10-3-4-11-12(7-10)15-20-14-11/h2-7H,1H3. The van der Waals surface area contributed by atoms with Gasteiger partial charge in [0.15, 0.2) is 0 Å². The Bertz CT molecular complexity index is 797. The zero-order valence-corrected chi connectivity index (χ0v) is 10.4. The van der Waals surface area contributed by atoms with Gasteiger partial charge in [0.05, 0.1) is 4.92 Å². The van der Waals surface area contributed by atoms with E-state index in [4.69, 9.17) is 4.74 Å². The Morgan fingerprint density at radius 2 is 1.95 bits per heavy atom. The normalized spacial score (nSPS) is 10.7. The molecule has 2 aromatic carbocycles. The number of nitrogens with zero attached hydrogens (tertiary/aromatic N) is 3. The van der Waals surface area contributed by atoms with E-state index in [0.29, 0.717) is 28.1 Å². The van der Waals surface area contributed by atoms with Crippen molar-refractivity contribution in [3.8, 4) is 11.5 Å². The number of nitro groups is 1. The van der Waals surface area contributed by atoms with Crippen LogP contribution in [0.5, 0.6) is 11.5 Å². The van der Waals surface area contributed by atoms with Crippen molar-refractivity contribution in [1.82, 2.24) is 10.3 Å². The van der Waals surface area contributed by atoms with E-state index in [1.165, 1.54) is 12.1 Å². The lowest BCUT2D eigenvalue weighted by Crippen LogP contribution is -1.91. The summed E-state index contributed by atoms with van der Waals surface area (Å²) >= 11 is 0. The summed E-state index contributed by atoms with van der Waals surface area (Å²) in [4.78, 5) is 10.2. The fraction of sp³-hybridized carbons (Fsp3) is 0.0769. The maximum atomic E-state index is 10.7. The lowest BCUT2D eigenvalue weighted by molar-refractivity contribution is -0.384. The average Bonchev–Trinajstić information content (AvgIpc) is 2.88. The van der Waals surface area contributed by atoms with Gasteiger partial charge in [0.2, 0.25) is 0 Å². The van der Waals surface area contributed by atoms with Crippen molar-refractivity contribution in [2.75, 3.05) is 0 Å². The smallest absolute Gasteiger partial charge is 0.269 e. The summed E-state index contributed by atoms with van der Waals surface area (Å²) in [7, 11) is 0. The van der Waals surface area contributed by atoms with Gasteiger partial charge >= 0.3 is 0 Å². The second-order valence-electron chi connectivity index (χ2n) is 4.22. The highest BCUT2D eigenvalue weighted by molar-refractivity contribution is 5.74. The van der Waals surface area contributed by atoms with E-state index in [2.05, 4.69) is 14.9 Å². The van der Waals surface area contributed by atoms with Crippen LogP contribution in [-0.2, 0) is 0 Å². The molecule has 0 saturated carbocycles. The van der Waals surface area contributed by atoms with Gasteiger partial charge in [0.25, 0.3) is 5.69 Å². The summed E-state index contributed by atoms with van der Waals surface area (Å²) in [6.45, 7) is 1.75. The number of fused-ring (bicyclic) bond motifs is 1. The van der Waals surface area contributed by atoms with Crippen LogP contribution in [0.3, 0.4) is 0 Å². The highest BCUT2D eigenvalue weighted by atomic mass is 16.6. The molecule has 0 aliphatic carbocycles. The molecule has 7 nitrogen and oxygen atoms in total. The Morgan fingerprint density at radius 3 is 2.70 bits per heavy atom. The second-order valence-corrected chi connectivity index (χ2v) is 4.22. The molecule has 0 unspecified atom stereocenters. The van der Waals surface area contributed by atoms with Crippen LogP contribution in [0.1, 0.15) is 5.56 Å². The van der Waals surface area contributed by atoms with Gasteiger partial charge < -0.3 is 4.74 Å². The van der Waals surface area contributed by atoms with Gasteiger partial charge in [0, 0.05) is 18.2 Å². The molecule has 20 heavy (non-hydrogen) atoms. The van der Waals surface area contributed by atoms with Crippen LogP contribution < -0.4 is 4.74 Å². The number of non-ortho nitro benzene ring substituents is 1. The van der Waals surface area contributed by atoms with E-state index in [0.717, 1.165) is 0 Å². The van der Waals surface area contributed by atoms with Gasteiger partial charge in [-0.2, -0.15) is 0 Å². The quantitative estimate of drug-likeness (QED) is 0.536. The molecule has 0 spiro atoms. The number of nitro benzene ring substituents is 1. The maximum Gasteiger partial charge on any atom is 0.269 e. The molecule has 0 atom stereocenters. The van der Waals surface area contributed by atoms with Gasteiger partial charge in [-0.1, -0.05) is 0 Å². The third-order valence-electron chi connectivity index (χ3n) is 2.82. The molecule has 0 fully saturated rings. The first kappa shape index (κ1) is 12.1. The molecular formula is C13H9N3O4. The molecule has 1 heterocycles. The highest BCUT2D eigenvalue weighted by Crippen LogP contribution is 2.29. The van der Waals surface area contributed by atoms with Crippen molar-refractivity contribution in [1.29, 1.82) is 0 Å². The fourth-order valence-corrected chi connectivity index (χ4v) is 1.81. The third kappa shape index (κ3) is 2.16. The largest absolute Gasteiger partial charge is 0.457 e. The SMILES string of the molecule is Cc1cc([N+](=O)[O-])ccc1Oc1ccc2nonc2c1. The predicted molar refractivity (Wildman–Crippen MR) is 69.7 cm³/mol. The summed E-state index contributed by atoms with van der Waals surface area (Å²) in [5.74, 6) is 1.11. The first-order chi connectivity index (χ1) is 9.63. The molecule has 0 bridgehead atoms. The number of ether oxygens (including phenoxy) is 1. The lowest BCUT2D eigenvalue weighted by atomic mass is 10.2. The van der Waals surface area contributed by atoms with Gasteiger partial charge in [-0.15, -0.1) is 0 Å². The third-order valence-corrected chi connectivity index (χ3v) is 2.82. The van der Waals surface area contributed by atoms with E-state index in [1.54, 1.807) is 31.2 Å². The Kier molecular flexibility index (Phi) is 2.79. The Morgan fingerprint density at radius 1 is 1.15 bits per heavy atom. The van der Waals surface area contributed by atoms with Gasteiger partial charge in [-0.3, -0.25) is 10.1 Å². The highest BCUT2D eigenvalue weighted by Gasteiger charge is 2.10. The van der Waals surface area contributed by atoms with E-state index in [-0.39, 0.29) is 5.69 Å². The number of benzene rings is 2. The Labute approximate surface area is 112 Å². The van der Waals surface area contributed by atoms with Crippen LogP contribution in [0.25, 0.3) is 11.0 Å². The van der Waals surface area contributed by atoms with E-state index in [9.17, 15) is 10.1 Å². The first-order valence-electron chi connectivity index (χ1n) is 5.79. The molecule has 7 heteroatoms. The minimum atomic E-state index is -0.441. The zero-order chi connectivity index (χ0) is 14.1. The van der Waals surface area contributed by atoms with Crippen LogP contribution in [-0.4, -0.2) is 15.2 Å². The van der Waals surface area contributed by atoms with Crippen LogP contribution in [0.2, 0.25) is 0 Å². The molecule has 0 amide bonds. The molecule has 3 aromatic rings. The molecule has 0 saturated heterocycles.